The molecule has 0 spiro atoms. The van der Waals surface area contributed by atoms with Gasteiger partial charge in [0.25, 0.3) is 0 Å². The van der Waals surface area contributed by atoms with Crippen molar-refractivity contribution in [1.29, 1.82) is 0 Å². The molecule has 0 saturated carbocycles. The lowest BCUT2D eigenvalue weighted by molar-refractivity contribution is -0.121. The first-order valence-corrected chi connectivity index (χ1v) is 8.14. The van der Waals surface area contributed by atoms with Crippen molar-refractivity contribution in [3.8, 4) is 0 Å². The summed E-state index contributed by atoms with van der Waals surface area (Å²) >= 11 is 5.86. The second kappa shape index (κ2) is 7.19. The Balaban J connectivity index is 1.53. The third-order valence-corrected chi connectivity index (χ3v) is 4.30. The molecule has 3 rings (SSSR count). The number of ether oxygens (including phenoxy) is 1. The Morgan fingerprint density at radius 2 is 2.30 bits per heavy atom. The summed E-state index contributed by atoms with van der Waals surface area (Å²) in [6.07, 6.45) is 3.07. The zero-order valence-corrected chi connectivity index (χ0v) is 13.5. The van der Waals surface area contributed by atoms with Gasteiger partial charge in [-0.05, 0) is 37.3 Å². The number of nitrogens with zero attached hydrogens (tertiary/aromatic N) is 1. The molecule has 23 heavy (non-hydrogen) atoms. The van der Waals surface area contributed by atoms with Crippen LogP contribution >= 0.6 is 11.6 Å². The fourth-order valence-corrected chi connectivity index (χ4v) is 2.98. The number of halogens is 1. The molecule has 1 aromatic carbocycles. The summed E-state index contributed by atoms with van der Waals surface area (Å²) in [7, 11) is 0. The fraction of sp³-hybridized carbons (Fsp3) is 0.500. The summed E-state index contributed by atoms with van der Waals surface area (Å²) in [5.74, 6) is -0.148. The highest BCUT2D eigenvalue weighted by atomic mass is 35.5. The molecule has 2 heterocycles. The molecule has 1 unspecified atom stereocenters. The van der Waals surface area contributed by atoms with Crippen molar-refractivity contribution in [3.63, 3.8) is 0 Å². The predicted molar refractivity (Wildman–Crippen MR) is 86.7 cm³/mol. The Morgan fingerprint density at radius 3 is 3.09 bits per heavy atom. The van der Waals surface area contributed by atoms with E-state index in [-0.39, 0.29) is 12.5 Å². The molecule has 2 aromatic rings. The fourth-order valence-electron chi connectivity index (χ4n) is 2.82. The lowest BCUT2D eigenvalue weighted by atomic mass is 10.0. The van der Waals surface area contributed by atoms with Gasteiger partial charge in [0.05, 0.1) is 5.52 Å². The minimum absolute atomic E-state index is 0.0556. The SMILES string of the molecule is O=C(Cn1c(=O)oc2cc(Cl)ccc21)NCCCC1CCOC1. The first-order chi connectivity index (χ1) is 11.1. The maximum Gasteiger partial charge on any atom is 0.420 e. The third-order valence-electron chi connectivity index (χ3n) is 4.07. The highest BCUT2D eigenvalue weighted by Gasteiger charge is 2.15. The van der Waals surface area contributed by atoms with E-state index < -0.39 is 5.76 Å². The van der Waals surface area contributed by atoms with Gasteiger partial charge in [-0.15, -0.1) is 0 Å². The second-order valence-corrected chi connectivity index (χ2v) is 6.22. The van der Waals surface area contributed by atoms with E-state index in [9.17, 15) is 9.59 Å². The standard InChI is InChI=1S/C16H19ClN2O4/c17-12-3-4-13-14(8-12)23-16(21)19(13)9-15(20)18-6-1-2-11-5-7-22-10-11/h3-4,8,11H,1-2,5-7,9-10H2,(H,18,20). The molecule has 7 heteroatoms. The molecule has 1 amide bonds. The molecule has 1 saturated heterocycles. The monoisotopic (exact) mass is 338 g/mol. The molecule has 0 bridgehead atoms. The normalized spacial score (nSPS) is 17.7. The van der Waals surface area contributed by atoms with Crippen LogP contribution in [0.4, 0.5) is 0 Å². The van der Waals surface area contributed by atoms with Crippen LogP contribution in [0, 0.1) is 5.92 Å². The average molecular weight is 339 g/mol. The lowest BCUT2D eigenvalue weighted by Gasteiger charge is -2.08. The van der Waals surface area contributed by atoms with Gasteiger partial charge in [-0.2, -0.15) is 0 Å². The van der Waals surface area contributed by atoms with Gasteiger partial charge in [0.2, 0.25) is 5.91 Å². The molecule has 0 radical (unpaired) electrons. The van der Waals surface area contributed by atoms with E-state index in [2.05, 4.69) is 5.32 Å². The van der Waals surface area contributed by atoms with Gasteiger partial charge in [-0.3, -0.25) is 9.36 Å². The van der Waals surface area contributed by atoms with Crippen LogP contribution in [0.15, 0.2) is 27.4 Å². The molecule has 1 atom stereocenters. The van der Waals surface area contributed by atoms with Gasteiger partial charge in [-0.1, -0.05) is 11.6 Å². The number of oxazole rings is 1. The molecule has 1 fully saturated rings. The molecule has 1 aliphatic rings. The number of hydrogen-bond donors (Lipinski definition) is 1. The van der Waals surface area contributed by atoms with Gasteiger partial charge in [-0.25, -0.2) is 4.79 Å². The van der Waals surface area contributed by atoms with Crippen LogP contribution in [0.2, 0.25) is 5.02 Å². The van der Waals surface area contributed by atoms with Gasteiger partial charge in [0.1, 0.15) is 6.54 Å². The van der Waals surface area contributed by atoms with Gasteiger partial charge >= 0.3 is 5.76 Å². The summed E-state index contributed by atoms with van der Waals surface area (Å²) in [4.78, 5) is 23.9. The number of benzene rings is 1. The number of carbonyl (C=O) groups is 1. The van der Waals surface area contributed by atoms with Crippen molar-refractivity contribution in [2.75, 3.05) is 19.8 Å². The van der Waals surface area contributed by atoms with Crippen molar-refractivity contribution in [2.24, 2.45) is 5.92 Å². The number of hydrogen-bond acceptors (Lipinski definition) is 4. The van der Waals surface area contributed by atoms with Crippen LogP contribution in [0.1, 0.15) is 19.3 Å². The highest BCUT2D eigenvalue weighted by Crippen LogP contribution is 2.18. The summed E-state index contributed by atoms with van der Waals surface area (Å²) in [6.45, 7) is 2.22. The van der Waals surface area contributed by atoms with Crippen LogP contribution in [0.3, 0.4) is 0 Å². The summed E-state index contributed by atoms with van der Waals surface area (Å²) in [5.41, 5.74) is 0.953. The maximum atomic E-state index is 12.0. The Bertz CT molecular complexity index is 746. The number of rotatable bonds is 6. The van der Waals surface area contributed by atoms with Crippen LogP contribution in [-0.2, 0) is 16.1 Å². The first kappa shape index (κ1) is 16.1. The van der Waals surface area contributed by atoms with E-state index in [0.29, 0.717) is 28.6 Å². The van der Waals surface area contributed by atoms with Gasteiger partial charge in [0.15, 0.2) is 5.58 Å². The second-order valence-electron chi connectivity index (χ2n) is 5.79. The summed E-state index contributed by atoms with van der Waals surface area (Å²) in [5, 5.41) is 3.33. The zero-order valence-electron chi connectivity index (χ0n) is 12.7. The van der Waals surface area contributed by atoms with E-state index in [1.54, 1.807) is 18.2 Å². The Kier molecular flexibility index (Phi) is 5.03. The number of fused-ring (bicyclic) bond motifs is 1. The number of aromatic nitrogens is 1. The van der Waals surface area contributed by atoms with Crippen molar-refractivity contribution in [1.82, 2.24) is 9.88 Å². The number of carbonyl (C=O) groups excluding carboxylic acids is 1. The smallest absolute Gasteiger partial charge is 0.408 e. The minimum Gasteiger partial charge on any atom is -0.408 e. The van der Waals surface area contributed by atoms with Crippen molar-refractivity contribution >= 4 is 28.6 Å². The van der Waals surface area contributed by atoms with Crippen LogP contribution in [0.5, 0.6) is 0 Å². The molecule has 1 N–H and O–H groups in total. The summed E-state index contributed by atoms with van der Waals surface area (Å²) < 4.78 is 11.7. The molecular weight excluding hydrogens is 320 g/mol. The predicted octanol–water partition coefficient (Wildman–Crippen LogP) is 2.18. The molecule has 124 valence electrons. The summed E-state index contributed by atoms with van der Waals surface area (Å²) in [6, 6.07) is 4.91. The lowest BCUT2D eigenvalue weighted by Crippen LogP contribution is -2.31. The van der Waals surface area contributed by atoms with Crippen molar-refractivity contribution < 1.29 is 13.9 Å². The van der Waals surface area contributed by atoms with Crippen molar-refractivity contribution in [2.45, 2.75) is 25.8 Å². The number of amides is 1. The maximum absolute atomic E-state index is 12.0. The van der Waals surface area contributed by atoms with E-state index >= 15 is 0 Å². The quantitative estimate of drug-likeness (QED) is 0.819. The van der Waals surface area contributed by atoms with Gasteiger partial charge in [0, 0.05) is 30.8 Å². The van der Waals surface area contributed by atoms with Crippen LogP contribution < -0.4 is 11.1 Å². The average Bonchev–Trinajstić information content (AvgIpc) is 3.12. The highest BCUT2D eigenvalue weighted by molar-refractivity contribution is 6.31. The minimum atomic E-state index is -0.555. The topological polar surface area (TPSA) is 73.5 Å². The van der Waals surface area contributed by atoms with E-state index in [1.807, 2.05) is 0 Å². The van der Waals surface area contributed by atoms with Crippen LogP contribution in [0.25, 0.3) is 11.1 Å². The first-order valence-electron chi connectivity index (χ1n) is 7.77. The zero-order chi connectivity index (χ0) is 16.2. The Labute approximate surface area is 138 Å². The van der Waals surface area contributed by atoms with Crippen LogP contribution in [-0.4, -0.2) is 30.2 Å². The molecule has 1 aromatic heterocycles. The largest absolute Gasteiger partial charge is 0.420 e. The van der Waals surface area contributed by atoms with E-state index in [1.165, 1.54) is 4.57 Å². The number of nitrogens with one attached hydrogen (secondary N) is 1. The van der Waals surface area contributed by atoms with Crippen molar-refractivity contribution in [3.05, 3.63) is 33.8 Å². The molecule has 6 nitrogen and oxygen atoms in total. The van der Waals surface area contributed by atoms with Gasteiger partial charge < -0.3 is 14.5 Å². The Morgan fingerprint density at radius 1 is 1.43 bits per heavy atom. The van der Waals surface area contributed by atoms with E-state index in [0.717, 1.165) is 32.5 Å². The van der Waals surface area contributed by atoms with E-state index in [4.69, 9.17) is 20.8 Å². The molecule has 0 aliphatic carbocycles. The Hall–Kier alpha value is -1.79. The molecular formula is C16H19ClN2O4. The molecule has 1 aliphatic heterocycles. The third kappa shape index (κ3) is 3.95.